The van der Waals surface area contributed by atoms with Gasteiger partial charge in [-0.2, -0.15) is 0 Å². The molecule has 0 aliphatic carbocycles. The predicted molar refractivity (Wildman–Crippen MR) is 69.3 cm³/mol. The first-order valence-corrected chi connectivity index (χ1v) is 11.6. The van der Waals surface area contributed by atoms with Crippen LogP contribution in [0.15, 0.2) is 0 Å². The molecule has 0 spiro atoms. The van der Waals surface area contributed by atoms with Gasteiger partial charge in [-0.1, -0.05) is 45.2 Å². The summed E-state index contributed by atoms with van der Waals surface area (Å²) >= 11 is 4.93. The third-order valence-electron chi connectivity index (χ3n) is 1.06. The molecule has 10 heavy (non-hydrogen) atoms. The minimum Gasteiger partial charge on any atom is -0.457 e. The van der Waals surface area contributed by atoms with Crippen LogP contribution in [-0.2, 0) is 4.12 Å². The Kier molecular flexibility index (Phi) is 5.66. The van der Waals surface area contributed by atoms with Crippen molar-refractivity contribution in [1.29, 1.82) is 0 Å². The second-order valence-corrected chi connectivity index (χ2v) is 17.1. The van der Waals surface area contributed by atoms with Crippen LogP contribution >= 0.6 is 45.2 Å². The van der Waals surface area contributed by atoms with E-state index in [4.69, 9.17) is 4.12 Å². The maximum absolute atomic E-state index is 5.96. The van der Waals surface area contributed by atoms with Crippen LogP contribution in [0.1, 0.15) is 0 Å². The monoisotopic (exact) mass is 400 g/mol. The first kappa shape index (κ1) is 11.9. The number of hydrogen-bond acceptors (Lipinski definition) is 1. The number of alkyl halides is 2. The van der Waals surface area contributed by atoms with Crippen molar-refractivity contribution in [3.63, 3.8) is 0 Å². The summed E-state index contributed by atoms with van der Waals surface area (Å²) in [4.78, 5) is 0. The van der Waals surface area contributed by atoms with Gasteiger partial charge in [-0.3, -0.25) is 0 Å². The van der Waals surface area contributed by atoms with Crippen molar-refractivity contribution in [3.05, 3.63) is 0 Å². The van der Waals surface area contributed by atoms with Gasteiger partial charge in [0.15, 0.2) is 17.4 Å². The maximum Gasteiger partial charge on any atom is 0.196 e. The van der Waals surface area contributed by atoms with Gasteiger partial charge in [-0.25, -0.2) is 0 Å². The summed E-state index contributed by atoms with van der Waals surface area (Å²) in [5, 5.41) is 0. The molecule has 0 aliphatic heterocycles. The largest absolute Gasteiger partial charge is 0.457 e. The summed E-state index contributed by atoms with van der Waals surface area (Å²) in [7, 11) is -2.11. The van der Waals surface area contributed by atoms with E-state index in [9.17, 15) is 0 Å². The van der Waals surface area contributed by atoms with E-state index >= 15 is 0 Å². The molecule has 0 bridgehead atoms. The summed E-state index contributed by atoms with van der Waals surface area (Å²) in [5.41, 5.74) is 0. The molecule has 1 nitrogen and oxygen atoms in total. The molecular formula is C5H14I2OSi2. The second-order valence-electron chi connectivity index (χ2n) is 3.07. The standard InChI is InChI=1S/C5H14I2OSi2/c1-9(2)8-10(3,4)5(6)7/h5,9H,1-4H3. The SMILES string of the molecule is C[SiH](C)O[Si](C)(C)C(I)I. The van der Waals surface area contributed by atoms with Crippen molar-refractivity contribution < 1.29 is 4.12 Å². The average Bonchev–Trinajstić information content (AvgIpc) is 1.60. The molecule has 0 saturated heterocycles. The molecule has 0 N–H and O–H groups in total. The quantitative estimate of drug-likeness (QED) is 0.402. The molecule has 0 aromatic heterocycles. The van der Waals surface area contributed by atoms with Crippen LogP contribution in [0, 0.1) is 0 Å². The lowest BCUT2D eigenvalue weighted by Crippen LogP contribution is -2.41. The van der Waals surface area contributed by atoms with E-state index in [2.05, 4.69) is 71.4 Å². The van der Waals surface area contributed by atoms with E-state index < -0.39 is 17.4 Å². The molecule has 0 unspecified atom stereocenters. The molecule has 0 rings (SSSR count). The Morgan fingerprint density at radius 1 is 1.30 bits per heavy atom. The van der Waals surface area contributed by atoms with Gasteiger partial charge in [-0.15, -0.1) is 0 Å². The third kappa shape index (κ3) is 4.68. The average molecular weight is 400 g/mol. The van der Waals surface area contributed by atoms with Gasteiger partial charge < -0.3 is 4.12 Å². The van der Waals surface area contributed by atoms with Gasteiger partial charge in [0.1, 0.15) is 0 Å². The Morgan fingerprint density at radius 2 is 1.70 bits per heavy atom. The fourth-order valence-corrected chi connectivity index (χ4v) is 8.57. The summed E-state index contributed by atoms with van der Waals surface area (Å²) < 4.78 is 6.65. The summed E-state index contributed by atoms with van der Waals surface area (Å²) in [5.74, 6) is 0. The minimum absolute atomic E-state index is 0.692. The van der Waals surface area contributed by atoms with Gasteiger partial charge in [0.05, 0.1) is 1.55 Å². The van der Waals surface area contributed by atoms with Crippen molar-refractivity contribution in [1.82, 2.24) is 0 Å². The molecule has 0 amide bonds. The summed E-state index contributed by atoms with van der Waals surface area (Å²) in [6.07, 6.45) is 0. The summed E-state index contributed by atoms with van der Waals surface area (Å²) in [6, 6.07) is 0. The van der Waals surface area contributed by atoms with Crippen LogP contribution < -0.4 is 0 Å². The topological polar surface area (TPSA) is 9.23 Å². The van der Waals surface area contributed by atoms with Gasteiger partial charge in [-0.05, 0) is 26.2 Å². The predicted octanol–water partition coefficient (Wildman–Crippen LogP) is 2.93. The van der Waals surface area contributed by atoms with E-state index in [1.807, 2.05) is 0 Å². The zero-order valence-electron chi connectivity index (χ0n) is 6.82. The van der Waals surface area contributed by atoms with Crippen LogP contribution in [0.5, 0.6) is 0 Å². The smallest absolute Gasteiger partial charge is 0.196 e. The number of hydrogen-bond donors (Lipinski definition) is 0. The van der Waals surface area contributed by atoms with Crippen molar-refractivity contribution in [3.8, 4) is 0 Å². The maximum atomic E-state index is 5.96. The van der Waals surface area contributed by atoms with E-state index in [1.54, 1.807) is 0 Å². The van der Waals surface area contributed by atoms with Crippen molar-refractivity contribution in [2.75, 3.05) is 0 Å². The van der Waals surface area contributed by atoms with Gasteiger partial charge in [0.25, 0.3) is 0 Å². The summed E-state index contributed by atoms with van der Waals surface area (Å²) in [6.45, 7) is 9.07. The Labute approximate surface area is 93.4 Å². The van der Waals surface area contributed by atoms with Gasteiger partial charge >= 0.3 is 0 Å². The highest BCUT2D eigenvalue weighted by atomic mass is 127. The van der Waals surface area contributed by atoms with Crippen LogP contribution in [-0.4, -0.2) is 18.9 Å². The van der Waals surface area contributed by atoms with E-state index in [1.165, 1.54) is 0 Å². The van der Waals surface area contributed by atoms with Crippen LogP contribution in [0.3, 0.4) is 0 Å². The molecule has 0 atom stereocenters. The lowest BCUT2D eigenvalue weighted by molar-refractivity contribution is 0.581. The number of halogens is 2. The van der Waals surface area contributed by atoms with Crippen molar-refractivity contribution in [2.45, 2.75) is 27.7 Å². The molecule has 0 heterocycles. The van der Waals surface area contributed by atoms with Gasteiger partial charge in [0, 0.05) is 0 Å². The third-order valence-corrected chi connectivity index (χ3v) is 15.4. The van der Waals surface area contributed by atoms with E-state index in [-0.39, 0.29) is 0 Å². The molecule has 0 aromatic carbocycles. The van der Waals surface area contributed by atoms with Crippen molar-refractivity contribution in [2.24, 2.45) is 0 Å². The first-order chi connectivity index (χ1) is 4.36. The van der Waals surface area contributed by atoms with Crippen LogP contribution in [0.4, 0.5) is 0 Å². The zero-order valence-corrected chi connectivity index (χ0v) is 13.3. The molecular weight excluding hydrogens is 386 g/mol. The second kappa shape index (κ2) is 4.78. The molecule has 62 valence electrons. The Balaban J connectivity index is 3.87. The minimum atomic E-state index is -1.31. The molecule has 0 fully saturated rings. The Morgan fingerprint density at radius 3 is 1.80 bits per heavy atom. The van der Waals surface area contributed by atoms with Gasteiger partial charge in [0.2, 0.25) is 0 Å². The molecule has 0 aromatic rings. The van der Waals surface area contributed by atoms with Crippen LogP contribution in [0.25, 0.3) is 0 Å². The molecule has 0 aliphatic rings. The Bertz CT molecular complexity index is 106. The fraction of sp³-hybridized carbons (Fsp3) is 1.00. The first-order valence-electron chi connectivity index (χ1n) is 3.32. The number of rotatable bonds is 3. The Hall–Kier alpha value is 1.85. The molecule has 0 saturated carbocycles. The lowest BCUT2D eigenvalue weighted by Gasteiger charge is -2.27. The zero-order chi connectivity index (χ0) is 8.36. The molecule has 0 radical (unpaired) electrons. The fourth-order valence-electron chi connectivity index (χ4n) is 0.659. The highest BCUT2D eigenvalue weighted by Crippen LogP contribution is 2.24. The lowest BCUT2D eigenvalue weighted by atomic mass is 11.8. The normalized spacial score (nSPS) is 13.2. The van der Waals surface area contributed by atoms with E-state index in [0.717, 1.165) is 0 Å². The van der Waals surface area contributed by atoms with Crippen molar-refractivity contribution >= 4 is 62.5 Å². The molecule has 5 heteroatoms. The highest BCUT2D eigenvalue weighted by Gasteiger charge is 2.30. The van der Waals surface area contributed by atoms with Crippen LogP contribution in [0.2, 0.25) is 26.2 Å². The van der Waals surface area contributed by atoms with E-state index in [0.29, 0.717) is 1.55 Å². The highest BCUT2D eigenvalue weighted by molar-refractivity contribution is 14.2.